The number of anilines is 3. The van der Waals surface area contributed by atoms with E-state index in [9.17, 15) is 0 Å². The summed E-state index contributed by atoms with van der Waals surface area (Å²) in [5, 5.41) is 0. The lowest BCUT2D eigenvalue weighted by atomic mass is 9.93. The maximum absolute atomic E-state index is 2.31. The minimum atomic E-state index is 1.12. The molecule has 0 saturated carbocycles. The molecule has 0 N–H and O–H groups in total. The van der Waals surface area contributed by atoms with Crippen LogP contribution >= 0.6 is 0 Å². The summed E-state index contributed by atoms with van der Waals surface area (Å²) in [6.07, 6.45) is 0. The lowest BCUT2D eigenvalue weighted by Gasteiger charge is -2.26. The van der Waals surface area contributed by atoms with Gasteiger partial charge < -0.3 is 4.90 Å². The summed E-state index contributed by atoms with van der Waals surface area (Å²) in [5.74, 6) is 0. The number of nitrogens with zero attached hydrogens (tertiary/aromatic N) is 1. The number of para-hydroxylation sites is 1. The number of benzene rings is 7. The summed E-state index contributed by atoms with van der Waals surface area (Å²) in [6, 6.07) is 67.0. The molecule has 1 heteroatoms. The van der Waals surface area contributed by atoms with E-state index in [0.29, 0.717) is 0 Å². The number of rotatable bonds is 7. The van der Waals surface area contributed by atoms with Gasteiger partial charge in [-0.25, -0.2) is 0 Å². The third-order valence-electron chi connectivity index (χ3n) is 7.85. The molecule has 0 aliphatic heterocycles. The molecule has 0 atom stereocenters. The normalized spacial score (nSPS) is 10.8. The van der Waals surface area contributed by atoms with E-state index in [2.05, 4.69) is 193 Å². The molecule has 0 saturated heterocycles. The molecule has 0 radical (unpaired) electrons. The van der Waals surface area contributed by atoms with Gasteiger partial charge in [-0.3, -0.25) is 0 Å². The Bertz CT molecular complexity index is 1850. The Kier molecular flexibility index (Phi) is 7.36. The Hall–Kier alpha value is -5.66. The summed E-state index contributed by atoms with van der Waals surface area (Å²) < 4.78 is 0. The van der Waals surface area contributed by atoms with Gasteiger partial charge in [0.1, 0.15) is 0 Å². The maximum Gasteiger partial charge on any atom is 0.0462 e. The van der Waals surface area contributed by atoms with Crippen LogP contribution in [0.4, 0.5) is 17.1 Å². The maximum atomic E-state index is 2.31. The minimum Gasteiger partial charge on any atom is -0.311 e. The molecule has 0 spiro atoms. The molecule has 0 aliphatic carbocycles. The second kappa shape index (κ2) is 12.1. The second-order valence-corrected chi connectivity index (χ2v) is 10.7. The summed E-state index contributed by atoms with van der Waals surface area (Å²) in [5.41, 5.74) is 13.0. The smallest absolute Gasteiger partial charge is 0.0462 e. The van der Waals surface area contributed by atoms with Crippen molar-refractivity contribution in [2.75, 3.05) is 4.90 Å². The molecule has 1 nitrogen and oxygen atoms in total. The molecule has 0 fully saturated rings. The highest BCUT2D eigenvalue weighted by molar-refractivity contribution is 5.83. The third-order valence-corrected chi connectivity index (χ3v) is 7.85. The Labute approximate surface area is 254 Å². The van der Waals surface area contributed by atoms with Gasteiger partial charge in [0.25, 0.3) is 0 Å². The van der Waals surface area contributed by atoms with Crippen LogP contribution in [0.1, 0.15) is 0 Å². The van der Waals surface area contributed by atoms with E-state index in [1.807, 2.05) is 0 Å². The first-order chi connectivity index (χ1) is 21.3. The van der Waals surface area contributed by atoms with Crippen LogP contribution in [0.25, 0.3) is 44.5 Å². The summed E-state index contributed by atoms with van der Waals surface area (Å²) >= 11 is 0. The summed E-state index contributed by atoms with van der Waals surface area (Å²) in [4.78, 5) is 2.31. The Morgan fingerprint density at radius 2 is 0.465 bits per heavy atom. The molecule has 0 amide bonds. The zero-order valence-electron chi connectivity index (χ0n) is 23.8. The lowest BCUT2D eigenvalue weighted by molar-refractivity contribution is 1.28. The van der Waals surface area contributed by atoms with Crippen LogP contribution in [0, 0.1) is 0 Å². The monoisotopic (exact) mass is 549 g/mol. The van der Waals surface area contributed by atoms with Crippen molar-refractivity contribution in [3.8, 4) is 44.5 Å². The van der Waals surface area contributed by atoms with Crippen LogP contribution < -0.4 is 4.90 Å². The molecule has 0 bridgehead atoms. The van der Waals surface area contributed by atoms with E-state index in [0.717, 1.165) is 17.1 Å². The zero-order valence-corrected chi connectivity index (χ0v) is 23.8. The van der Waals surface area contributed by atoms with Crippen molar-refractivity contribution in [1.82, 2.24) is 0 Å². The largest absolute Gasteiger partial charge is 0.311 e. The highest BCUT2D eigenvalue weighted by atomic mass is 15.1. The van der Waals surface area contributed by atoms with Gasteiger partial charge >= 0.3 is 0 Å². The van der Waals surface area contributed by atoms with E-state index < -0.39 is 0 Å². The molecule has 43 heavy (non-hydrogen) atoms. The van der Waals surface area contributed by atoms with Gasteiger partial charge in [-0.05, 0) is 99.1 Å². The average Bonchev–Trinajstić information content (AvgIpc) is 3.10. The Morgan fingerprint density at radius 1 is 0.209 bits per heavy atom. The fourth-order valence-corrected chi connectivity index (χ4v) is 5.65. The van der Waals surface area contributed by atoms with Crippen LogP contribution in [-0.2, 0) is 0 Å². The highest BCUT2D eigenvalue weighted by Gasteiger charge is 2.14. The van der Waals surface area contributed by atoms with Crippen LogP contribution in [-0.4, -0.2) is 0 Å². The van der Waals surface area contributed by atoms with Crippen molar-refractivity contribution in [3.05, 3.63) is 188 Å². The Balaban J connectivity index is 1.27. The quantitative estimate of drug-likeness (QED) is 0.191. The van der Waals surface area contributed by atoms with Gasteiger partial charge in [0.15, 0.2) is 0 Å². The van der Waals surface area contributed by atoms with Crippen LogP contribution in [0.5, 0.6) is 0 Å². The van der Waals surface area contributed by atoms with Crippen molar-refractivity contribution in [2.24, 2.45) is 0 Å². The Morgan fingerprint density at radius 3 is 0.837 bits per heavy atom. The van der Waals surface area contributed by atoms with Gasteiger partial charge in [-0.1, -0.05) is 133 Å². The van der Waals surface area contributed by atoms with Crippen LogP contribution in [0.3, 0.4) is 0 Å². The van der Waals surface area contributed by atoms with E-state index in [1.165, 1.54) is 44.5 Å². The molecule has 7 aromatic rings. The lowest BCUT2D eigenvalue weighted by Crippen LogP contribution is -2.09. The molecule has 0 aliphatic rings. The van der Waals surface area contributed by atoms with Crippen LogP contribution in [0.15, 0.2) is 188 Å². The standard InChI is InChI=1S/C42H31N/c1-5-13-32(14-6-1)35-21-25-41(26-22-35)43(40-19-11-4-12-20-40)42-27-23-36(24-28-42)39-30-37(33-15-7-2-8-16-33)29-38(31-39)34-17-9-3-10-18-34/h1-31H. The van der Waals surface area contributed by atoms with E-state index >= 15 is 0 Å². The van der Waals surface area contributed by atoms with Crippen molar-refractivity contribution in [3.63, 3.8) is 0 Å². The van der Waals surface area contributed by atoms with Crippen molar-refractivity contribution in [1.29, 1.82) is 0 Å². The molecule has 0 unspecified atom stereocenters. The van der Waals surface area contributed by atoms with Crippen LogP contribution in [0.2, 0.25) is 0 Å². The highest BCUT2D eigenvalue weighted by Crippen LogP contribution is 2.38. The molecule has 0 aromatic heterocycles. The predicted octanol–water partition coefficient (Wildman–Crippen LogP) is 11.8. The molecule has 204 valence electrons. The van der Waals surface area contributed by atoms with Gasteiger partial charge in [0, 0.05) is 17.1 Å². The van der Waals surface area contributed by atoms with Gasteiger partial charge in [0.05, 0.1) is 0 Å². The predicted molar refractivity (Wildman–Crippen MR) is 183 cm³/mol. The molecular weight excluding hydrogens is 518 g/mol. The SMILES string of the molecule is c1ccc(-c2ccc(N(c3ccccc3)c3ccc(-c4cc(-c5ccccc5)cc(-c5ccccc5)c4)cc3)cc2)cc1. The van der Waals surface area contributed by atoms with Gasteiger partial charge in [-0.2, -0.15) is 0 Å². The fourth-order valence-electron chi connectivity index (χ4n) is 5.65. The topological polar surface area (TPSA) is 3.24 Å². The average molecular weight is 550 g/mol. The number of hydrogen-bond acceptors (Lipinski definition) is 1. The number of hydrogen-bond donors (Lipinski definition) is 0. The minimum absolute atomic E-state index is 1.12. The van der Waals surface area contributed by atoms with Crippen molar-refractivity contribution in [2.45, 2.75) is 0 Å². The van der Waals surface area contributed by atoms with Gasteiger partial charge in [0.2, 0.25) is 0 Å². The van der Waals surface area contributed by atoms with Crippen molar-refractivity contribution < 1.29 is 0 Å². The molecule has 7 aromatic carbocycles. The van der Waals surface area contributed by atoms with Crippen molar-refractivity contribution >= 4 is 17.1 Å². The van der Waals surface area contributed by atoms with E-state index in [4.69, 9.17) is 0 Å². The first-order valence-electron chi connectivity index (χ1n) is 14.7. The van der Waals surface area contributed by atoms with E-state index in [1.54, 1.807) is 0 Å². The summed E-state index contributed by atoms with van der Waals surface area (Å²) in [6.45, 7) is 0. The third kappa shape index (κ3) is 5.75. The van der Waals surface area contributed by atoms with Gasteiger partial charge in [-0.15, -0.1) is 0 Å². The summed E-state index contributed by atoms with van der Waals surface area (Å²) in [7, 11) is 0. The first-order valence-corrected chi connectivity index (χ1v) is 14.7. The fraction of sp³-hybridized carbons (Fsp3) is 0. The van der Waals surface area contributed by atoms with E-state index in [-0.39, 0.29) is 0 Å². The molecule has 7 rings (SSSR count). The molecule has 0 heterocycles. The molecular formula is C42H31N. The second-order valence-electron chi connectivity index (χ2n) is 10.7. The first kappa shape index (κ1) is 26.3. The zero-order chi connectivity index (χ0) is 28.8.